The van der Waals surface area contributed by atoms with E-state index in [9.17, 15) is 18.0 Å². The third kappa shape index (κ3) is 5.79. The first kappa shape index (κ1) is 27.9. The summed E-state index contributed by atoms with van der Waals surface area (Å²) in [4.78, 5) is 32.7. The molecule has 2 saturated heterocycles. The fourth-order valence-corrected chi connectivity index (χ4v) is 6.17. The van der Waals surface area contributed by atoms with Crippen molar-refractivity contribution >= 4 is 44.0 Å². The zero-order valence-electron chi connectivity index (χ0n) is 23.1. The molecule has 0 spiro atoms. The molecule has 40 heavy (non-hydrogen) atoms. The average Bonchev–Trinajstić information content (AvgIpc) is 2.97. The predicted octanol–water partition coefficient (Wildman–Crippen LogP) is 2.28. The maximum atomic E-state index is 13.1. The van der Waals surface area contributed by atoms with E-state index in [0.717, 1.165) is 37.6 Å². The lowest BCUT2D eigenvalue weighted by atomic mass is 10.1. The predicted molar refractivity (Wildman–Crippen MR) is 156 cm³/mol. The van der Waals surface area contributed by atoms with Gasteiger partial charge in [-0.25, -0.2) is 8.42 Å². The highest BCUT2D eigenvalue weighted by Gasteiger charge is 2.26. The van der Waals surface area contributed by atoms with Crippen LogP contribution in [0.5, 0.6) is 5.75 Å². The van der Waals surface area contributed by atoms with Crippen LogP contribution in [0.15, 0.2) is 51.7 Å². The lowest BCUT2D eigenvalue weighted by molar-refractivity contribution is 0.0997. The minimum atomic E-state index is -3.19. The second kappa shape index (κ2) is 11.5. The minimum Gasteiger partial charge on any atom is -0.497 e. The number of likely N-dealkylation sites (N-methyl/N-ethyl adjacent to an activating group) is 1. The Morgan fingerprint density at radius 3 is 2.23 bits per heavy atom. The summed E-state index contributed by atoms with van der Waals surface area (Å²) in [5, 5.41) is 3.18. The number of piperazine rings is 2. The van der Waals surface area contributed by atoms with Gasteiger partial charge in [-0.15, -0.1) is 0 Å². The highest BCUT2D eigenvalue weighted by molar-refractivity contribution is 7.89. The molecule has 2 aliphatic rings. The van der Waals surface area contributed by atoms with Crippen molar-refractivity contribution in [3.8, 4) is 5.75 Å². The summed E-state index contributed by atoms with van der Waals surface area (Å²) in [7, 11) is 0.434. The third-order valence-corrected chi connectivity index (χ3v) is 9.45. The molecule has 5 rings (SSSR count). The van der Waals surface area contributed by atoms with Gasteiger partial charge in [0.25, 0.3) is 5.91 Å². The number of fused-ring (bicyclic) bond motifs is 1. The van der Waals surface area contributed by atoms with E-state index in [-0.39, 0.29) is 16.9 Å². The van der Waals surface area contributed by atoms with Gasteiger partial charge in [0.05, 0.1) is 23.9 Å². The first-order valence-corrected chi connectivity index (χ1v) is 15.0. The fourth-order valence-electron chi connectivity index (χ4n) is 5.08. The van der Waals surface area contributed by atoms with Crippen LogP contribution in [-0.2, 0) is 10.0 Å². The molecule has 0 atom stereocenters. The first-order chi connectivity index (χ1) is 19.2. The van der Waals surface area contributed by atoms with Crippen molar-refractivity contribution < 1.29 is 22.4 Å². The summed E-state index contributed by atoms with van der Waals surface area (Å²) in [6, 6.07) is 12.0. The van der Waals surface area contributed by atoms with Gasteiger partial charge in [0.1, 0.15) is 5.75 Å². The number of nitrogens with zero attached hydrogens (tertiary/aromatic N) is 4. The number of sulfonamides is 1. The second-order valence-corrected chi connectivity index (χ2v) is 12.3. The molecule has 2 fully saturated rings. The zero-order valence-corrected chi connectivity index (χ0v) is 23.9. The van der Waals surface area contributed by atoms with E-state index >= 15 is 0 Å². The zero-order chi connectivity index (χ0) is 28.4. The van der Waals surface area contributed by atoms with Crippen LogP contribution < -0.4 is 25.3 Å². The van der Waals surface area contributed by atoms with Gasteiger partial charge in [-0.1, -0.05) is 0 Å². The number of carbonyl (C=O) groups is 1. The standard InChI is InChI=1S/C28H35N5O6S/c1-4-40(36,37)33-15-13-31(14-16-33)21-7-5-20(6-8-21)29-28(35)26-19-25(34)23-17-22(38-3)18-24(27(23)39-26)32-11-9-30(2)10-12-32/h5-8,17-19H,4,9-16H2,1-3H3,(H,29,35). The van der Waals surface area contributed by atoms with Crippen LogP contribution >= 0.6 is 0 Å². The van der Waals surface area contributed by atoms with Gasteiger partial charge in [0.15, 0.2) is 16.8 Å². The molecular weight excluding hydrogens is 534 g/mol. The van der Waals surface area contributed by atoms with Crippen LogP contribution in [0.4, 0.5) is 17.1 Å². The van der Waals surface area contributed by atoms with Crippen LogP contribution in [0.2, 0.25) is 0 Å². The van der Waals surface area contributed by atoms with Crippen molar-refractivity contribution in [2.45, 2.75) is 6.92 Å². The van der Waals surface area contributed by atoms with Gasteiger partial charge in [-0.3, -0.25) is 9.59 Å². The van der Waals surface area contributed by atoms with Gasteiger partial charge in [0, 0.05) is 75.9 Å². The van der Waals surface area contributed by atoms with Crippen LogP contribution in [0.25, 0.3) is 11.0 Å². The number of rotatable bonds is 7. The van der Waals surface area contributed by atoms with Crippen molar-refractivity contribution in [1.29, 1.82) is 0 Å². The Bertz CT molecular complexity index is 1540. The number of ether oxygens (including phenoxy) is 1. The number of anilines is 3. The van der Waals surface area contributed by atoms with Crippen molar-refractivity contribution in [3.63, 3.8) is 0 Å². The van der Waals surface area contributed by atoms with Crippen LogP contribution in [0, 0.1) is 0 Å². The molecule has 0 unspecified atom stereocenters. The SMILES string of the molecule is CCS(=O)(=O)N1CCN(c2ccc(NC(=O)c3cc(=O)c4cc(OC)cc(N5CCN(C)CC5)c4o3)cc2)CC1. The second-order valence-electron chi connectivity index (χ2n) is 10.1. The molecule has 214 valence electrons. The molecule has 1 N–H and O–H groups in total. The quantitative estimate of drug-likeness (QED) is 0.458. The molecule has 2 aromatic carbocycles. The number of methoxy groups -OCH3 is 1. The summed E-state index contributed by atoms with van der Waals surface area (Å²) in [6.07, 6.45) is 0. The molecule has 3 heterocycles. The van der Waals surface area contributed by atoms with E-state index in [1.54, 1.807) is 32.2 Å². The average molecular weight is 570 g/mol. The molecule has 1 amide bonds. The molecule has 3 aromatic rings. The minimum absolute atomic E-state index is 0.0737. The number of hydrogen-bond acceptors (Lipinski definition) is 9. The van der Waals surface area contributed by atoms with E-state index in [1.807, 2.05) is 18.2 Å². The molecule has 2 aliphatic heterocycles. The number of benzene rings is 2. The Hall–Kier alpha value is -3.61. The van der Waals surface area contributed by atoms with Crippen molar-refractivity contribution in [2.75, 3.05) is 87.4 Å². The molecule has 12 heteroatoms. The third-order valence-electron chi connectivity index (χ3n) is 7.57. The number of amides is 1. The Balaban J connectivity index is 1.33. The van der Waals surface area contributed by atoms with Crippen molar-refractivity contribution in [3.05, 3.63) is 58.4 Å². The van der Waals surface area contributed by atoms with Crippen molar-refractivity contribution in [2.24, 2.45) is 0 Å². The monoisotopic (exact) mass is 569 g/mol. The summed E-state index contributed by atoms with van der Waals surface area (Å²) >= 11 is 0. The number of carbonyl (C=O) groups excluding carboxylic acids is 1. The van der Waals surface area contributed by atoms with Crippen LogP contribution in [0.1, 0.15) is 17.5 Å². The maximum Gasteiger partial charge on any atom is 0.291 e. The summed E-state index contributed by atoms with van der Waals surface area (Å²) in [6.45, 7) is 6.97. The Morgan fingerprint density at radius 1 is 0.950 bits per heavy atom. The molecule has 11 nitrogen and oxygen atoms in total. The topological polar surface area (TPSA) is 116 Å². The van der Waals surface area contributed by atoms with Crippen LogP contribution in [-0.4, -0.2) is 95.8 Å². The summed E-state index contributed by atoms with van der Waals surface area (Å²) < 4.78 is 37.3. The van der Waals surface area contributed by atoms with Gasteiger partial charge in [0.2, 0.25) is 10.0 Å². The van der Waals surface area contributed by atoms with Gasteiger partial charge in [-0.2, -0.15) is 4.31 Å². The summed E-state index contributed by atoms with van der Waals surface area (Å²) in [5.41, 5.74) is 2.26. The van der Waals surface area contributed by atoms with E-state index in [1.165, 1.54) is 10.4 Å². The van der Waals surface area contributed by atoms with Crippen molar-refractivity contribution in [1.82, 2.24) is 9.21 Å². The molecule has 0 bridgehead atoms. The normalized spacial score (nSPS) is 17.3. The van der Waals surface area contributed by atoms with Gasteiger partial charge in [-0.05, 0) is 44.3 Å². The van der Waals surface area contributed by atoms with E-state index in [0.29, 0.717) is 48.6 Å². The number of nitrogens with one attached hydrogen (secondary N) is 1. The van der Waals surface area contributed by atoms with Gasteiger partial charge < -0.3 is 29.2 Å². The highest BCUT2D eigenvalue weighted by Crippen LogP contribution is 2.32. The van der Waals surface area contributed by atoms with E-state index < -0.39 is 15.9 Å². The lowest BCUT2D eigenvalue weighted by Crippen LogP contribution is -2.49. The van der Waals surface area contributed by atoms with E-state index in [4.69, 9.17) is 9.15 Å². The highest BCUT2D eigenvalue weighted by atomic mass is 32.2. The molecule has 0 saturated carbocycles. The maximum absolute atomic E-state index is 13.1. The molecular formula is C28H35N5O6S. The molecule has 0 aliphatic carbocycles. The number of hydrogen-bond donors (Lipinski definition) is 1. The first-order valence-electron chi connectivity index (χ1n) is 13.4. The van der Waals surface area contributed by atoms with Crippen LogP contribution in [0.3, 0.4) is 0 Å². The Morgan fingerprint density at radius 2 is 1.60 bits per heavy atom. The Kier molecular flexibility index (Phi) is 8.02. The largest absolute Gasteiger partial charge is 0.497 e. The summed E-state index contributed by atoms with van der Waals surface area (Å²) in [5.74, 6) is 0.0597. The van der Waals surface area contributed by atoms with E-state index in [2.05, 4.69) is 27.1 Å². The molecule has 1 aromatic heterocycles. The smallest absolute Gasteiger partial charge is 0.291 e. The fraction of sp³-hybridized carbons (Fsp3) is 0.429. The molecule has 0 radical (unpaired) electrons. The lowest BCUT2D eigenvalue weighted by Gasteiger charge is -2.35. The Labute approximate surface area is 233 Å². The van der Waals surface area contributed by atoms with Gasteiger partial charge >= 0.3 is 0 Å².